The fourth-order valence-corrected chi connectivity index (χ4v) is 1.39. The average Bonchev–Trinajstić information content (AvgIpc) is 2.26. The van der Waals surface area contributed by atoms with Crippen LogP contribution in [0.5, 0.6) is 5.75 Å². The van der Waals surface area contributed by atoms with Crippen molar-refractivity contribution < 1.29 is 4.74 Å². The van der Waals surface area contributed by atoms with Crippen molar-refractivity contribution >= 4 is 0 Å². The zero-order chi connectivity index (χ0) is 10.4. The van der Waals surface area contributed by atoms with Gasteiger partial charge in [0.25, 0.3) is 0 Å². The van der Waals surface area contributed by atoms with E-state index in [0.717, 1.165) is 24.2 Å². The van der Waals surface area contributed by atoms with Gasteiger partial charge in [0.1, 0.15) is 5.75 Å². The first-order chi connectivity index (χ1) is 6.80. The molecule has 1 aromatic rings. The third-order valence-electron chi connectivity index (χ3n) is 2.35. The lowest BCUT2D eigenvalue weighted by Crippen LogP contribution is -2.13. The summed E-state index contributed by atoms with van der Waals surface area (Å²) in [5.74, 6) is 0.932. The predicted molar refractivity (Wildman–Crippen MR) is 59.3 cm³/mol. The van der Waals surface area contributed by atoms with E-state index in [1.807, 2.05) is 24.3 Å². The molecule has 1 aromatic carbocycles. The van der Waals surface area contributed by atoms with Crippen LogP contribution in [0.1, 0.15) is 32.3 Å². The largest absolute Gasteiger partial charge is 0.490 e. The topological polar surface area (TPSA) is 35.2 Å². The van der Waals surface area contributed by atoms with E-state index in [1.165, 1.54) is 0 Å². The van der Waals surface area contributed by atoms with Crippen molar-refractivity contribution in [1.29, 1.82) is 0 Å². The molecule has 14 heavy (non-hydrogen) atoms. The minimum Gasteiger partial charge on any atom is -0.490 e. The summed E-state index contributed by atoms with van der Waals surface area (Å²) in [6.07, 6.45) is 2.41. The summed E-state index contributed by atoms with van der Waals surface area (Å²) in [4.78, 5) is 0. The molecule has 2 nitrogen and oxygen atoms in total. The van der Waals surface area contributed by atoms with Crippen LogP contribution in [0.4, 0.5) is 0 Å². The second kappa shape index (κ2) is 5.66. The Bertz CT molecular complexity index is 269. The summed E-state index contributed by atoms with van der Waals surface area (Å²) in [5.41, 5.74) is 6.68. The quantitative estimate of drug-likeness (QED) is 0.780. The summed E-state index contributed by atoms with van der Waals surface area (Å²) in [6, 6.07) is 8.00. The van der Waals surface area contributed by atoms with E-state index in [-0.39, 0.29) is 0 Å². The fraction of sp³-hybridized carbons (Fsp3) is 0.500. The van der Waals surface area contributed by atoms with Crippen LogP contribution in [0.3, 0.4) is 0 Å². The maximum Gasteiger partial charge on any atom is 0.120 e. The van der Waals surface area contributed by atoms with E-state index >= 15 is 0 Å². The van der Waals surface area contributed by atoms with Crippen LogP contribution in [0.15, 0.2) is 24.3 Å². The molecule has 1 rings (SSSR count). The molecule has 0 saturated heterocycles. The van der Waals surface area contributed by atoms with Gasteiger partial charge in [-0.25, -0.2) is 0 Å². The minimum atomic E-state index is 0.322. The van der Waals surface area contributed by atoms with E-state index in [1.54, 1.807) is 0 Å². The molecule has 0 aliphatic heterocycles. The third-order valence-corrected chi connectivity index (χ3v) is 2.35. The molecule has 78 valence electrons. The van der Waals surface area contributed by atoms with Gasteiger partial charge in [0.2, 0.25) is 0 Å². The Balaban J connectivity index is 2.65. The number of hydrogen-bond donors (Lipinski definition) is 1. The smallest absolute Gasteiger partial charge is 0.120 e. The highest BCUT2D eigenvalue weighted by atomic mass is 16.5. The first kappa shape index (κ1) is 11.1. The summed E-state index contributed by atoms with van der Waals surface area (Å²) >= 11 is 0. The number of ether oxygens (including phenoxy) is 1. The van der Waals surface area contributed by atoms with Gasteiger partial charge in [-0.05, 0) is 30.5 Å². The van der Waals surface area contributed by atoms with Crippen LogP contribution in [0.2, 0.25) is 0 Å². The Kier molecular flexibility index (Phi) is 4.47. The molecule has 0 amide bonds. The zero-order valence-corrected chi connectivity index (χ0v) is 8.99. The summed E-state index contributed by atoms with van der Waals surface area (Å²) < 4.78 is 5.80. The molecule has 0 unspecified atom stereocenters. The molecular weight excluding hydrogens is 174 g/mol. The van der Waals surface area contributed by atoms with Gasteiger partial charge in [0.15, 0.2) is 0 Å². The molecule has 0 heterocycles. The summed E-state index contributed by atoms with van der Waals surface area (Å²) in [6.45, 7) is 4.85. The van der Waals surface area contributed by atoms with Crippen molar-refractivity contribution in [2.75, 3.05) is 0 Å². The van der Waals surface area contributed by atoms with Crippen molar-refractivity contribution in [2.24, 2.45) is 5.73 Å². The lowest BCUT2D eigenvalue weighted by Gasteiger charge is -2.15. The van der Waals surface area contributed by atoms with E-state index in [0.29, 0.717) is 12.6 Å². The summed E-state index contributed by atoms with van der Waals surface area (Å²) in [7, 11) is 0. The maximum atomic E-state index is 5.80. The molecule has 0 fully saturated rings. The van der Waals surface area contributed by atoms with Gasteiger partial charge in [-0.15, -0.1) is 0 Å². The molecular formula is C12H19NO. The van der Waals surface area contributed by atoms with Crippen LogP contribution in [0, 0.1) is 0 Å². The monoisotopic (exact) mass is 193 g/mol. The number of nitrogens with two attached hydrogens (primary N) is 1. The number of hydrogen-bond acceptors (Lipinski definition) is 2. The molecule has 0 saturated carbocycles. The Hall–Kier alpha value is -1.02. The average molecular weight is 193 g/mol. The van der Waals surface area contributed by atoms with Crippen molar-refractivity contribution in [1.82, 2.24) is 0 Å². The summed E-state index contributed by atoms with van der Waals surface area (Å²) in [5, 5.41) is 0. The van der Waals surface area contributed by atoms with Gasteiger partial charge in [0, 0.05) is 6.54 Å². The van der Waals surface area contributed by atoms with Crippen LogP contribution in [0.25, 0.3) is 0 Å². The van der Waals surface area contributed by atoms with E-state index in [9.17, 15) is 0 Å². The second-order valence-corrected chi connectivity index (χ2v) is 3.41. The number of rotatable bonds is 5. The number of benzene rings is 1. The van der Waals surface area contributed by atoms with Gasteiger partial charge in [0.05, 0.1) is 6.10 Å². The SMILES string of the molecule is CCC(CC)Oc1cccc(CN)c1. The van der Waals surface area contributed by atoms with E-state index in [2.05, 4.69) is 13.8 Å². The van der Waals surface area contributed by atoms with Gasteiger partial charge < -0.3 is 10.5 Å². The molecule has 0 bridgehead atoms. The third kappa shape index (κ3) is 3.04. The molecule has 0 aliphatic rings. The maximum absolute atomic E-state index is 5.80. The fourth-order valence-electron chi connectivity index (χ4n) is 1.39. The molecule has 0 atom stereocenters. The normalized spacial score (nSPS) is 10.6. The van der Waals surface area contributed by atoms with E-state index < -0.39 is 0 Å². The highest BCUT2D eigenvalue weighted by molar-refractivity contribution is 5.28. The first-order valence-corrected chi connectivity index (χ1v) is 5.25. The lowest BCUT2D eigenvalue weighted by atomic mass is 10.2. The van der Waals surface area contributed by atoms with Crippen molar-refractivity contribution in [2.45, 2.75) is 39.3 Å². The van der Waals surface area contributed by atoms with Gasteiger partial charge in [-0.2, -0.15) is 0 Å². The van der Waals surface area contributed by atoms with Gasteiger partial charge >= 0.3 is 0 Å². The molecule has 0 aromatic heterocycles. The van der Waals surface area contributed by atoms with Gasteiger partial charge in [-0.3, -0.25) is 0 Å². The molecule has 0 radical (unpaired) electrons. The van der Waals surface area contributed by atoms with Gasteiger partial charge in [-0.1, -0.05) is 26.0 Å². The Labute approximate surface area is 86.1 Å². The van der Waals surface area contributed by atoms with Crippen LogP contribution < -0.4 is 10.5 Å². The molecule has 0 aliphatic carbocycles. The van der Waals surface area contributed by atoms with E-state index in [4.69, 9.17) is 10.5 Å². The highest BCUT2D eigenvalue weighted by Gasteiger charge is 2.04. The zero-order valence-electron chi connectivity index (χ0n) is 8.99. The Morgan fingerprint density at radius 3 is 2.57 bits per heavy atom. The van der Waals surface area contributed by atoms with Crippen molar-refractivity contribution in [3.63, 3.8) is 0 Å². The van der Waals surface area contributed by atoms with Crippen molar-refractivity contribution in [3.8, 4) is 5.75 Å². The van der Waals surface area contributed by atoms with Crippen LogP contribution in [-0.2, 0) is 6.54 Å². The minimum absolute atomic E-state index is 0.322. The molecule has 0 spiro atoms. The first-order valence-electron chi connectivity index (χ1n) is 5.25. The second-order valence-electron chi connectivity index (χ2n) is 3.41. The lowest BCUT2D eigenvalue weighted by molar-refractivity contribution is 0.192. The Morgan fingerprint density at radius 2 is 2.00 bits per heavy atom. The van der Waals surface area contributed by atoms with Crippen LogP contribution >= 0.6 is 0 Å². The molecule has 2 heteroatoms. The van der Waals surface area contributed by atoms with Crippen LogP contribution in [-0.4, -0.2) is 6.10 Å². The standard InChI is InChI=1S/C12H19NO/c1-3-11(4-2)14-12-7-5-6-10(8-12)9-13/h5-8,11H,3-4,9,13H2,1-2H3. The van der Waals surface area contributed by atoms with Crippen molar-refractivity contribution in [3.05, 3.63) is 29.8 Å². The Morgan fingerprint density at radius 1 is 1.29 bits per heavy atom. The molecule has 2 N–H and O–H groups in total. The highest BCUT2D eigenvalue weighted by Crippen LogP contribution is 2.16. The predicted octanol–water partition coefficient (Wildman–Crippen LogP) is 2.71.